The van der Waals surface area contributed by atoms with Crippen molar-refractivity contribution >= 4 is 11.6 Å². The Hall–Kier alpha value is -1.55. The van der Waals surface area contributed by atoms with Gasteiger partial charge >= 0.3 is 0 Å². The highest BCUT2D eigenvalue weighted by Gasteiger charge is 2.17. The topological polar surface area (TPSA) is 58.4 Å². The number of rotatable bonds is 5. The number of likely N-dealkylation sites (tertiary alicyclic amines) is 1. The van der Waals surface area contributed by atoms with Crippen molar-refractivity contribution in [3.8, 4) is 0 Å². The molecule has 3 N–H and O–H groups in total. The first-order chi connectivity index (χ1) is 10.1. The van der Waals surface area contributed by atoms with Gasteiger partial charge in [-0.1, -0.05) is 18.6 Å². The van der Waals surface area contributed by atoms with E-state index in [1.807, 2.05) is 19.1 Å². The van der Waals surface area contributed by atoms with Crippen molar-refractivity contribution in [3.05, 3.63) is 29.3 Å². The highest BCUT2D eigenvalue weighted by molar-refractivity contribution is 5.99. The molecular formula is C17H27N3O. The molecule has 1 aromatic carbocycles. The predicted octanol–water partition coefficient (Wildman–Crippen LogP) is 2.57. The van der Waals surface area contributed by atoms with Crippen LogP contribution in [0.2, 0.25) is 0 Å². The van der Waals surface area contributed by atoms with Gasteiger partial charge in [0.2, 0.25) is 0 Å². The fraction of sp³-hybridized carbons (Fsp3) is 0.588. The molecule has 1 fully saturated rings. The summed E-state index contributed by atoms with van der Waals surface area (Å²) >= 11 is 0. The molecule has 0 radical (unpaired) electrons. The van der Waals surface area contributed by atoms with E-state index in [0.29, 0.717) is 23.8 Å². The van der Waals surface area contributed by atoms with E-state index < -0.39 is 0 Å². The van der Waals surface area contributed by atoms with Gasteiger partial charge in [0.05, 0.1) is 5.56 Å². The van der Waals surface area contributed by atoms with Gasteiger partial charge in [-0.05, 0) is 51.3 Å². The summed E-state index contributed by atoms with van der Waals surface area (Å²) in [5.74, 6) is -0.0668. The molecule has 0 bridgehead atoms. The summed E-state index contributed by atoms with van der Waals surface area (Å²) in [7, 11) is 0. The molecule has 1 unspecified atom stereocenters. The summed E-state index contributed by atoms with van der Waals surface area (Å²) in [5.41, 5.74) is 8.07. The van der Waals surface area contributed by atoms with Crippen LogP contribution in [-0.4, -0.2) is 36.5 Å². The van der Waals surface area contributed by atoms with Gasteiger partial charge in [0.15, 0.2) is 0 Å². The molecule has 21 heavy (non-hydrogen) atoms. The van der Waals surface area contributed by atoms with Crippen molar-refractivity contribution in [3.63, 3.8) is 0 Å². The molecular weight excluding hydrogens is 262 g/mol. The highest BCUT2D eigenvalue weighted by atomic mass is 16.1. The van der Waals surface area contributed by atoms with Gasteiger partial charge in [-0.2, -0.15) is 0 Å². The van der Waals surface area contributed by atoms with Crippen LogP contribution in [0.1, 0.15) is 48.5 Å². The number of amides is 1. The van der Waals surface area contributed by atoms with Gasteiger partial charge in [0.25, 0.3) is 5.91 Å². The first-order valence-corrected chi connectivity index (χ1v) is 7.97. The maximum absolute atomic E-state index is 12.1. The van der Waals surface area contributed by atoms with Crippen molar-refractivity contribution in [2.45, 2.75) is 45.6 Å². The molecule has 2 rings (SSSR count). The Morgan fingerprint density at radius 2 is 2.24 bits per heavy atom. The molecule has 0 saturated carbocycles. The summed E-state index contributed by atoms with van der Waals surface area (Å²) in [4.78, 5) is 14.7. The molecule has 1 aromatic rings. The minimum Gasteiger partial charge on any atom is -0.398 e. The second kappa shape index (κ2) is 7.46. The predicted molar refractivity (Wildman–Crippen MR) is 87.4 cm³/mol. The molecule has 0 spiro atoms. The lowest BCUT2D eigenvalue weighted by atomic mass is 10.0. The lowest BCUT2D eigenvalue weighted by Gasteiger charge is -2.33. The molecule has 1 saturated heterocycles. The van der Waals surface area contributed by atoms with E-state index in [2.05, 4.69) is 17.1 Å². The van der Waals surface area contributed by atoms with Crippen molar-refractivity contribution < 1.29 is 4.79 Å². The van der Waals surface area contributed by atoms with Gasteiger partial charge in [-0.25, -0.2) is 0 Å². The molecule has 0 aliphatic carbocycles. The number of benzene rings is 1. The molecule has 1 aliphatic rings. The quantitative estimate of drug-likeness (QED) is 0.647. The number of para-hydroxylation sites is 1. The molecule has 1 heterocycles. The smallest absolute Gasteiger partial charge is 0.253 e. The third kappa shape index (κ3) is 4.21. The lowest BCUT2D eigenvalue weighted by Crippen LogP contribution is -2.39. The SMILES string of the molecule is Cc1cccc(C(=O)NCCCN2CCCCC2C)c1N. The fourth-order valence-corrected chi connectivity index (χ4v) is 2.95. The molecule has 1 amide bonds. The van der Waals surface area contributed by atoms with Crippen LogP contribution in [0.25, 0.3) is 0 Å². The van der Waals surface area contributed by atoms with Crippen molar-refractivity contribution in [2.24, 2.45) is 0 Å². The summed E-state index contributed by atoms with van der Waals surface area (Å²) < 4.78 is 0. The average molecular weight is 289 g/mol. The average Bonchev–Trinajstić information content (AvgIpc) is 2.48. The number of carbonyl (C=O) groups excluding carboxylic acids is 1. The third-order valence-electron chi connectivity index (χ3n) is 4.42. The summed E-state index contributed by atoms with van der Waals surface area (Å²) in [6.45, 7) is 7.18. The number of carbonyl (C=O) groups is 1. The number of hydrogen-bond acceptors (Lipinski definition) is 3. The second-order valence-corrected chi connectivity index (χ2v) is 6.03. The maximum atomic E-state index is 12.1. The largest absolute Gasteiger partial charge is 0.398 e. The van der Waals surface area contributed by atoms with Crippen molar-refractivity contribution in [1.29, 1.82) is 0 Å². The van der Waals surface area contributed by atoms with Gasteiger partial charge in [-0.15, -0.1) is 0 Å². The number of nitrogens with zero attached hydrogens (tertiary/aromatic N) is 1. The standard InChI is InChI=1S/C17H27N3O/c1-13-7-5-9-15(16(13)18)17(21)19-10-6-12-20-11-4-3-8-14(20)2/h5,7,9,14H,3-4,6,8,10-12,18H2,1-2H3,(H,19,21). The molecule has 116 valence electrons. The third-order valence-corrected chi connectivity index (χ3v) is 4.42. The van der Waals surface area contributed by atoms with Crippen LogP contribution in [0.5, 0.6) is 0 Å². The van der Waals surface area contributed by atoms with Gasteiger partial charge in [-0.3, -0.25) is 4.79 Å². The van der Waals surface area contributed by atoms with E-state index in [0.717, 1.165) is 18.5 Å². The van der Waals surface area contributed by atoms with Crippen molar-refractivity contribution in [1.82, 2.24) is 10.2 Å². The van der Waals surface area contributed by atoms with E-state index >= 15 is 0 Å². The summed E-state index contributed by atoms with van der Waals surface area (Å²) in [5, 5.41) is 2.98. The molecule has 4 heteroatoms. The van der Waals surface area contributed by atoms with Crippen LogP contribution in [0.15, 0.2) is 18.2 Å². The van der Waals surface area contributed by atoms with Gasteiger partial charge in [0.1, 0.15) is 0 Å². The number of hydrogen-bond donors (Lipinski definition) is 2. The Morgan fingerprint density at radius 3 is 3.00 bits per heavy atom. The monoisotopic (exact) mass is 289 g/mol. The van der Waals surface area contributed by atoms with Crippen LogP contribution >= 0.6 is 0 Å². The Bertz CT molecular complexity index is 487. The Labute approximate surface area is 127 Å². The fourth-order valence-electron chi connectivity index (χ4n) is 2.95. The van der Waals surface area contributed by atoms with E-state index in [9.17, 15) is 4.79 Å². The number of nitrogens with one attached hydrogen (secondary N) is 1. The van der Waals surface area contributed by atoms with Gasteiger partial charge in [0, 0.05) is 24.8 Å². The normalized spacial score (nSPS) is 19.4. The molecule has 1 atom stereocenters. The number of nitrogen functional groups attached to an aromatic ring is 1. The van der Waals surface area contributed by atoms with E-state index in [1.165, 1.54) is 25.8 Å². The number of nitrogens with two attached hydrogens (primary N) is 1. The summed E-state index contributed by atoms with van der Waals surface area (Å²) in [6, 6.07) is 6.26. The van der Waals surface area contributed by atoms with E-state index in [4.69, 9.17) is 5.73 Å². The number of anilines is 1. The molecule has 0 aromatic heterocycles. The zero-order chi connectivity index (χ0) is 15.2. The van der Waals surface area contributed by atoms with Crippen molar-refractivity contribution in [2.75, 3.05) is 25.4 Å². The first-order valence-electron chi connectivity index (χ1n) is 7.97. The lowest BCUT2D eigenvalue weighted by molar-refractivity contribution is 0.0949. The maximum Gasteiger partial charge on any atom is 0.253 e. The van der Waals surface area contributed by atoms with E-state index in [1.54, 1.807) is 6.07 Å². The molecule has 1 aliphatic heterocycles. The minimum absolute atomic E-state index is 0.0668. The van der Waals surface area contributed by atoms with Crippen LogP contribution in [0.3, 0.4) is 0 Å². The zero-order valence-corrected chi connectivity index (χ0v) is 13.2. The zero-order valence-electron chi connectivity index (χ0n) is 13.2. The number of piperidine rings is 1. The minimum atomic E-state index is -0.0668. The van der Waals surface area contributed by atoms with Crippen LogP contribution < -0.4 is 11.1 Å². The Balaban J connectivity index is 1.75. The van der Waals surface area contributed by atoms with Crippen LogP contribution in [0, 0.1) is 6.92 Å². The van der Waals surface area contributed by atoms with E-state index in [-0.39, 0.29) is 5.91 Å². The van der Waals surface area contributed by atoms with Gasteiger partial charge < -0.3 is 16.0 Å². The first kappa shape index (κ1) is 15.8. The molecule has 4 nitrogen and oxygen atoms in total. The van der Waals surface area contributed by atoms with Crippen LogP contribution in [0.4, 0.5) is 5.69 Å². The Morgan fingerprint density at radius 1 is 1.43 bits per heavy atom. The summed E-state index contributed by atoms with van der Waals surface area (Å²) in [6.07, 6.45) is 4.94. The van der Waals surface area contributed by atoms with Crippen LogP contribution in [-0.2, 0) is 0 Å². The number of aryl methyl sites for hydroxylation is 1. The second-order valence-electron chi connectivity index (χ2n) is 6.03. The highest BCUT2D eigenvalue weighted by Crippen LogP contribution is 2.17. The Kier molecular flexibility index (Phi) is 5.62.